The molecule has 2 N–H and O–H groups in total. The summed E-state index contributed by atoms with van der Waals surface area (Å²) in [4.78, 5) is 16.2. The highest BCUT2D eigenvalue weighted by atomic mass is 35.5. The van der Waals surface area contributed by atoms with Gasteiger partial charge in [-0.25, -0.2) is 0 Å². The van der Waals surface area contributed by atoms with E-state index < -0.39 is 0 Å². The van der Waals surface area contributed by atoms with E-state index in [9.17, 15) is 4.79 Å². The molecule has 116 valence electrons. The van der Waals surface area contributed by atoms with Crippen LogP contribution in [-0.2, 0) is 0 Å². The summed E-state index contributed by atoms with van der Waals surface area (Å²) in [7, 11) is 0. The molecule has 2 rings (SSSR count). The summed E-state index contributed by atoms with van der Waals surface area (Å²) in [5.74, 6) is -0.0941. The predicted molar refractivity (Wildman–Crippen MR) is 90.8 cm³/mol. The fraction of sp³-hybridized carbons (Fsp3) is 0.294. The number of unbranched alkanes of at least 4 members (excludes halogenated alkanes) is 2. The van der Waals surface area contributed by atoms with Gasteiger partial charge in [0.15, 0.2) is 0 Å². The first-order valence-corrected chi connectivity index (χ1v) is 7.82. The molecule has 2 aromatic rings. The van der Waals surface area contributed by atoms with Crippen LogP contribution in [0.3, 0.4) is 0 Å². The summed E-state index contributed by atoms with van der Waals surface area (Å²) in [6.45, 7) is 2.83. The Morgan fingerprint density at radius 1 is 1.14 bits per heavy atom. The summed E-state index contributed by atoms with van der Waals surface area (Å²) < 4.78 is 0. The number of hydrogen-bond acceptors (Lipinski definition) is 3. The molecule has 0 spiro atoms. The van der Waals surface area contributed by atoms with Gasteiger partial charge in [-0.3, -0.25) is 9.78 Å². The Morgan fingerprint density at radius 2 is 1.91 bits per heavy atom. The van der Waals surface area contributed by atoms with Gasteiger partial charge in [0.05, 0.1) is 17.4 Å². The second-order valence-corrected chi connectivity index (χ2v) is 5.49. The average Bonchev–Trinajstić information content (AvgIpc) is 2.54. The molecule has 1 amide bonds. The van der Waals surface area contributed by atoms with E-state index in [1.165, 1.54) is 0 Å². The number of carbonyl (C=O) groups excluding carboxylic acids is 1. The van der Waals surface area contributed by atoms with Crippen LogP contribution in [-0.4, -0.2) is 17.4 Å². The molecule has 0 bridgehead atoms. The van der Waals surface area contributed by atoms with E-state index in [1.807, 2.05) is 24.3 Å². The highest BCUT2D eigenvalue weighted by Gasteiger charge is 2.06. The Hall–Kier alpha value is -2.07. The predicted octanol–water partition coefficient (Wildman–Crippen LogP) is 4.40. The van der Waals surface area contributed by atoms with Crippen molar-refractivity contribution in [3.8, 4) is 0 Å². The highest BCUT2D eigenvalue weighted by molar-refractivity contribution is 6.30. The molecule has 0 saturated heterocycles. The molecule has 5 heteroatoms. The summed E-state index contributed by atoms with van der Waals surface area (Å²) in [6, 6.07) is 9.15. The normalized spacial score (nSPS) is 10.3. The van der Waals surface area contributed by atoms with Crippen molar-refractivity contribution in [2.75, 3.05) is 11.9 Å². The lowest BCUT2D eigenvalue weighted by Crippen LogP contribution is -2.24. The van der Waals surface area contributed by atoms with Crippen LogP contribution in [0.5, 0.6) is 0 Å². The lowest BCUT2D eigenvalue weighted by atomic mass is 10.2. The Morgan fingerprint density at radius 3 is 2.64 bits per heavy atom. The third kappa shape index (κ3) is 5.04. The molecule has 0 aliphatic rings. The molecular weight excluding hydrogens is 298 g/mol. The molecule has 0 atom stereocenters. The maximum absolute atomic E-state index is 12.1. The second-order valence-electron chi connectivity index (χ2n) is 5.06. The third-order valence-corrected chi connectivity index (χ3v) is 3.45. The third-order valence-electron chi connectivity index (χ3n) is 3.20. The van der Waals surface area contributed by atoms with E-state index in [-0.39, 0.29) is 5.91 Å². The number of benzene rings is 1. The van der Waals surface area contributed by atoms with E-state index in [1.54, 1.807) is 18.5 Å². The fourth-order valence-corrected chi connectivity index (χ4v) is 2.14. The SMILES string of the molecule is CCCCCNC(=O)c1cncc(Nc2ccc(Cl)cc2)c1. The molecular formula is C17H20ClN3O. The van der Waals surface area contributed by atoms with Gasteiger partial charge in [-0.2, -0.15) is 0 Å². The number of amides is 1. The number of anilines is 2. The van der Waals surface area contributed by atoms with Gasteiger partial charge in [0, 0.05) is 23.5 Å². The zero-order chi connectivity index (χ0) is 15.8. The van der Waals surface area contributed by atoms with Crippen LogP contribution in [0.4, 0.5) is 11.4 Å². The van der Waals surface area contributed by atoms with Crippen LogP contribution in [0, 0.1) is 0 Å². The monoisotopic (exact) mass is 317 g/mol. The largest absolute Gasteiger partial charge is 0.354 e. The van der Waals surface area contributed by atoms with Crippen molar-refractivity contribution in [1.82, 2.24) is 10.3 Å². The molecule has 0 saturated carbocycles. The van der Waals surface area contributed by atoms with Crippen LogP contribution in [0.15, 0.2) is 42.7 Å². The standard InChI is InChI=1S/C17H20ClN3O/c1-2-3-4-9-20-17(22)13-10-16(12-19-11-13)21-15-7-5-14(18)6-8-15/h5-8,10-12,21H,2-4,9H2,1H3,(H,20,22). The van der Waals surface area contributed by atoms with E-state index in [2.05, 4.69) is 22.5 Å². The minimum Gasteiger partial charge on any atom is -0.354 e. The minimum absolute atomic E-state index is 0.0941. The number of rotatable bonds is 7. The molecule has 1 aromatic heterocycles. The lowest BCUT2D eigenvalue weighted by molar-refractivity contribution is 0.0952. The first-order chi connectivity index (χ1) is 10.7. The summed E-state index contributed by atoms with van der Waals surface area (Å²) in [5.41, 5.74) is 2.21. The Kier molecular flexibility index (Phi) is 6.22. The van der Waals surface area contributed by atoms with Gasteiger partial charge in [0.2, 0.25) is 0 Å². The zero-order valence-electron chi connectivity index (χ0n) is 12.6. The molecule has 0 unspecified atom stereocenters. The van der Waals surface area contributed by atoms with Gasteiger partial charge in [0.25, 0.3) is 5.91 Å². The number of nitrogens with zero attached hydrogens (tertiary/aromatic N) is 1. The molecule has 0 aliphatic carbocycles. The molecule has 0 radical (unpaired) electrons. The van der Waals surface area contributed by atoms with E-state index >= 15 is 0 Å². The van der Waals surface area contributed by atoms with Crippen LogP contribution in [0.25, 0.3) is 0 Å². The van der Waals surface area contributed by atoms with Crippen LogP contribution in [0.2, 0.25) is 5.02 Å². The number of aromatic nitrogens is 1. The number of nitrogens with one attached hydrogen (secondary N) is 2. The van der Waals surface area contributed by atoms with Gasteiger partial charge >= 0.3 is 0 Å². The Labute approximate surface area is 135 Å². The van der Waals surface area contributed by atoms with Crippen molar-refractivity contribution >= 4 is 28.9 Å². The number of carbonyl (C=O) groups is 1. The van der Waals surface area contributed by atoms with Crippen molar-refractivity contribution in [3.63, 3.8) is 0 Å². The minimum atomic E-state index is -0.0941. The van der Waals surface area contributed by atoms with Gasteiger partial charge in [-0.05, 0) is 36.8 Å². The van der Waals surface area contributed by atoms with Crippen molar-refractivity contribution in [3.05, 3.63) is 53.3 Å². The maximum atomic E-state index is 12.1. The van der Waals surface area contributed by atoms with Gasteiger partial charge in [0.1, 0.15) is 0 Å². The average molecular weight is 318 g/mol. The van der Waals surface area contributed by atoms with Crippen molar-refractivity contribution in [2.24, 2.45) is 0 Å². The molecule has 22 heavy (non-hydrogen) atoms. The summed E-state index contributed by atoms with van der Waals surface area (Å²) >= 11 is 5.86. The fourth-order valence-electron chi connectivity index (χ4n) is 2.01. The smallest absolute Gasteiger partial charge is 0.252 e. The Bertz CT molecular complexity index is 614. The van der Waals surface area contributed by atoms with E-state index in [4.69, 9.17) is 11.6 Å². The topological polar surface area (TPSA) is 54.0 Å². The first-order valence-electron chi connectivity index (χ1n) is 7.45. The Balaban J connectivity index is 1.97. The molecule has 4 nitrogen and oxygen atoms in total. The first kappa shape index (κ1) is 16.3. The second kappa shape index (κ2) is 8.39. The summed E-state index contributed by atoms with van der Waals surface area (Å²) in [6.07, 6.45) is 6.51. The van der Waals surface area contributed by atoms with Crippen LogP contribution in [0.1, 0.15) is 36.5 Å². The van der Waals surface area contributed by atoms with Crippen LogP contribution < -0.4 is 10.6 Å². The summed E-state index contributed by atoms with van der Waals surface area (Å²) in [5, 5.41) is 6.79. The molecule has 1 heterocycles. The van der Waals surface area contributed by atoms with Crippen molar-refractivity contribution < 1.29 is 4.79 Å². The lowest BCUT2D eigenvalue weighted by Gasteiger charge is -2.08. The van der Waals surface area contributed by atoms with Crippen molar-refractivity contribution in [1.29, 1.82) is 0 Å². The maximum Gasteiger partial charge on any atom is 0.252 e. The molecule has 0 fully saturated rings. The van der Waals surface area contributed by atoms with Gasteiger partial charge in [-0.15, -0.1) is 0 Å². The highest BCUT2D eigenvalue weighted by Crippen LogP contribution is 2.19. The quantitative estimate of drug-likeness (QED) is 0.744. The molecule has 0 aliphatic heterocycles. The van der Waals surface area contributed by atoms with Gasteiger partial charge in [-0.1, -0.05) is 31.4 Å². The van der Waals surface area contributed by atoms with E-state index in [0.29, 0.717) is 17.1 Å². The number of hydrogen-bond donors (Lipinski definition) is 2. The zero-order valence-corrected chi connectivity index (χ0v) is 13.4. The number of halogens is 1. The molecule has 1 aromatic carbocycles. The van der Waals surface area contributed by atoms with E-state index in [0.717, 1.165) is 30.6 Å². The number of pyridine rings is 1. The van der Waals surface area contributed by atoms with Crippen molar-refractivity contribution in [2.45, 2.75) is 26.2 Å². The van der Waals surface area contributed by atoms with Crippen LogP contribution >= 0.6 is 11.6 Å². The van der Waals surface area contributed by atoms with Gasteiger partial charge < -0.3 is 10.6 Å².